The fraction of sp³-hybridized carbons (Fsp3) is 0.778. The molecule has 1 unspecified atom stereocenters. The molecule has 4 heteroatoms. The molecule has 1 aliphatic rings. The Morgan fingerprint density at radius 2 is 2.15 bits per heavy atom. The van der Waals surface area contributed by atoms with Gasteiger partial charge in [-0.25, -0.2) is 0 Å². The molecule has 1 fully saturated rings. The molecular weight excluding hydrogens is 172 g/mol. The zero-order valence-electron chi connectivity index (χ0n) is 8.33. The van der Waals surface area contributed by atoms with Gasteiger partial charge in [0, 0.05) is 0 Å². The van der Waals surface area contributed by atoms with E-state index >= 15 is 0 Å². The molecule has 1 rings (SSSR count). The number of esters is 1. The molecule has 13 heavy (non-hydrogen) atoms. The molecule has 0 N–H and O–H groups in total. The third kappa shape index (κ3) is 4.03. The molecule has 1 saturated heterocycles. The molecule has 0 bridgehead atoms. The molecule has 0 amide bonds. The van der Waals surface area contributed by atoms with Gasteiger partial charge >= 0.3 is 5.97 Å². The first-order valence-electron chi connectivity index (χ1n) is 4.35. The quantitative estimate of drug-likeness (QED) is 0.451. The number of methoxy groups -OCH3 is 1. The second kappa shape index (κ2) is 6.60. The Hall–Kier alpha value is -0.900. The topological polar surface area (TPSA) is 52.6 Å². The smallest absolute Gasteiger partial charge is 0.318 e. The minimum Gasteiger partial charge on any atom is -0.468 e. The van der Waals surface area contributed by atoms with Gasteiger partial charge in [0.1, 0.15) is 12.5 Å². The van der Waals surface area contributed by atoms with Gasteiger partial charge in [-0.2, -0.15) is 0 Å². The number of hydrogen-bond donors (Lipinski definition) is 0. The summed E-state index contributed by atoms with van der Waals surface area (Å²) in [6.07, 6.45) is 1.25. The fourth-order valence-corrected chi connectivity index (χ4v) is 0.813. The predicted molar refractivity (Wildman–Crippen MR) is 47.3 cm³/mol. The minimum atomic E-state index is -0.676. The molecule has 0 aromatic heterocycles. The van der Waals surface area contributed by atoms with Crippen molar-refractivity contribution in [1.29, 1.82) is 0 Å². The number of carbonyl (C=O) groups is 2. The van der Waals surface area contributed by atoms with Crippen LogP contribution in [-0.4, -0.2) is 32.1 Å². The lowest BCUT2D eigenvalue weighted by atomic mass is 10.1. The van der Waals surface area contributed by atoms with Gasteiger partial charge in [-0.1, -0.05) is 20.3 Å². The molecule has 0 aromatic carbocycles. The van der Waals surface area contributed by atoms with E-state index in [0.29, 0.717) is 0 Å². The molecular formula is C9H16O4. The van der Waals surface area contributed by atoms with Crippen LogP contribution in [0.25, 0.3) is 0 Å². The molecule has 1 atom stereocenters. The van der Waals surface area contributed by atoms with Gasteiger partial charge in [0.25, 0.3) is 0 Å². The van der Waals surface area contributed by atoms with Crippen molar-refractivity contribution >= 4 is 11.8 Å². The van der Waals surface area contributed by atoms with Crippen molar-refractivity contribution in [3.05, 3.63) is 0 Å². The SMILES string of the molecule is CCC.COC(=O)C1COCC1=O. The van der Waals surface area contributed by atoms with Crippen LogP contribution in [0.3, 0.4) is 0 Å². The fourth-order valence-electron chi connectivity index (χ4n) is 0.813. The van der Waals surface area contributed by atoms with Crippen LogP contribution in [0.4, 0.5) is 0 Å². The largest absolute Gasteiger partial charge is 0.468 e. The van der Waals surface area contributed by atoms with E-state index in [1.54, 1.807) is 0 Å². The monoisotopic (exact) mass is 188 g/mol. The van der Waals surface area contributed by atoms with E-state index in [1.165, 1.54) is 13.5 Å². The van der Waals surface area contributed by atoms with Crippen LogP contribution >= 0.6 is 0 Å². The zero-order chi connectivity index (χ0) is 10.3. The van der Waals surface area contributed by atoms with Crippen molar-refractivity contribution in [2.75, 3.05) is 20.3 Å². The summed E-state index contributed by atoms with van der Waals surface area (Å²) in [5.74, 6) is -1.36. The molecule has 0 spiro atoms. The molecule has 76 valence electrons. The maximum Gasteiger partial charge on any atom is 0.318 e. The molecule has 1 aliphatic heterocycles. The lowest BCUT2D eigenvalue weighted by molar-refractivity contribution is -0.147. The Morgan fingerprint density at radius 3 is 2.46 bits per heavy atom. The molecule has 1 heterocycles. The first-order chi connectivity index (χ1) is 6.17. The molecule has 4 nitrogen and oxygen atoms in total. The van der Waals surface area contributed by atoms with Gasteiger partial charge in [0.05, 0.1) is 13.7 Å². The van der Waals surface area contributed by atoms with E-state index in [1.807, 2.05) is 0 Å². The van der Waals surface area contributed by atoms with Crippen LogP contribution in [-0.2, 0) is 19.1 Å². The van der Waals surface area contributed by atoms with E-state index < -0.39 is 11.9 Å². The number of ketones is 1. The second-order valence-corrected chi connectivity index (χ2v) is 2.76. The Kier molecular flexibility index (Phi) is 6.14. The van der Waals surface area contributed by atoms with Crippen LogP contribution in [0.2, 0.25) is 0 Å². The highest BCUT2D eigenvalue weighted by molar-refractivity contribution is 6.00. The number of ether oxygens (including phenoxy) is 2. The summed E-state index contributed by atoms with van der Waals surface area (Å²) in [4.78, 5) is 21.5. The summed E-state index contributed by atoms with van der Waals surface area (Å²) >= 11 is 0. The van der Waals surface area contributed by atoms with Gasteiger partial charge in [-0.3, -0.25) is 9.59 Å². The van der Waals surface area contributed by atoms with Crippen LogP contribution in [0.1, 0.15) is 20.3 Å². The highest BCUT2D eigenvalue weighted by Gasteiger charge is 2.32. The van der Waals surface area contributed by atoms with E-state index in [-0.39, 0.29) is 19.0 Å². The summed E-state index contributed by atoms with van der Waals surface area (Å²) < 4.78 is 9.11. The summed E-state index contributed by atoms with van der Waals surface area (Å²) in [5, 5.41) is 0. The maximum absolute atomic E-state index is 10.7. The predicted octanol–water partition coefficient (Wildman–Crippen LogP) is 0.791. The average molecular weight is 188 g/mol. The summed E-state index contributed by atoms with van der Waals surface area (Å²) in [7, 11) is 1.26. The van der Waals surface area contributed by atoms with Crippen LogP contribution in [0.15, 0.2) is 0 Å². The maximum atomic E-state index is 10.7. The van der Waals surface area contributed by atoms with Crippen LogP contribution < -0.4 is 0 Å². The van der Waals surface area contributed by atoms with Gasteiger partial charge in [0.2, 0.25) is 0 Å². The highest BCUT2D eigenvalue weighted by atomic mass is 16.5. The first kappa shape index (κ1) is 12.1. The standard InChI is InChI=1S/C6H8O4.C3H8/c1-9-6(8)4-2-10-3-5(4)7;1-3-2/h4H,2-3H2,1H3;3H2,1-2H3. The molecule has 0 saturated carbocycles. The Balaban J connectivity index is 0.000000424. The van der Waals surface area contributed by atoms with Crippen molar-refractivity contribution in [3.8, 4) is 0 Å². The number of carbonyl (C=O) groups excluding carboxylic acids is 2. The highest BCUT2D eigenvalue weighted by Crippen LogP contribution is 2.09. The lowest BCUT2D eigenvalue weighted by Gasteiger charge is -2.00. The van der Waals surface area contributed by atoms with E-state index in [4.69, 9.17) is 4.74 Å². The van der Waals surface area contributed by atoms with Crippen LogP contribution in [0.5, 0.6) is 0 Å². The average Bonchev–Trinajstić information content (AvgIpc) is 2.52. The Morgan fingerprint density at radius 1 is 1.62 bits per heavy atom. The molecule has 0 aromatic rings. The van der Waals surface area contributed by atoms with E-state index in [0.717, 1.165) is 0 Å². The zero-order valence-corrected chi connectivity index (χ0v) is 8.33. The first-order valence-corrected chi connectivity index (χ1v) is 4.35. The van der Waals surface area contributed by atoms with Crippen molar-refractivity contribution < 1.29 is 19.1 Å². The van der Waals surface area contributed by atoms with Gasteiger partial charge in [-0.05, 0) is 0 Å². The Bertz CT molecular complexity index is 176. The lowest BCUT2D eigenvalue weighted by Crippen LogP contribution is -2.23. The van der Waals surface area contributed by atoms with E-state index in [2.05, 4.69) is 18.6 Å². The van der Waals surface area contributed by atoms with E-state index in [9.17, 15) is 9.59 Å². The normalized spacial score (nSPS) is 20.5. The van der Waals surface area contributed by atoms with Crippen LogP contribution in [0, 0.1) is 5.92 Å². The minimum absolute atomic E-state index is 0.0414. The summed E-state index contributed by atoms with van der Waals surface area (Å²) in [5.41, 5.74) is 0. The van der Waals surface area contributed by atoms with Crippen molar-refractivity contribution in [1.82, 2.24) is 0 Å². The van der Waals surface area contributed by atoms with Crippen molar-refractivity contribution in [2.24, 2.45) is 5.92 Å². The third-order valence-electron chi connectivity index (χ3n) is 1.40. The second-order valence-electron chi connectivity index (χ2n) is 2.76. The molecule has 0 aliphatic carbocycles. The molecule has 0 radical (unpaired) electrons. The van der Waals surface area contributed by atoms with Gasteiger partial charge < -0.3 is 9.47 Å². The van der Waals surface area contributed by atoms with Gasteiger partial charge in [-0.15, -0.1) is 0 Å². The number of hydrogen-bond acceptors (Lipinski definition) is 4. The number of rotatable bonds is 1. The summed E-state index contributed by atoms with van der Waals surface area (Å²) in [6, 6.07) is 0. The van der Waals surface area contributed by atoms with Crippen molar-refractivity contribution in [3.63, 3.8) is 0 Å². The number of Topliss-reactive ketones (excluding diaryl/α,β-unsaturated/α-hetero) is 1. The Labute approximate surface area is 78.2 Å². The van der Waals surface area contributed by atoms with Gasteiger partial charge in [0.15, 0.2) is 5.78 Å². The summed E-state index contributed by atoms with van der Waals surface area (Å²) in [6.45, 7) is 4.46. The third-order valence-corrected chi connectivity index (χ3v) is 1.40. The van der Waals surface area contributed by atoms with Crippen molar-refractivity contribution in [2.45, 2.75) is 20.3 Å².